The van der Waals surface area contributed by atoms with E-state index in [0.717, 1.165) is 24.3 Å². The molecule has 6 rings (SSSR count). The predicted molar refractivity (Wildman–Crippen MR) is 197 cm³/mol. The molecule has 0 atom stereocenters. The van der Waals surface area contributed by atoms with Crippen LogP contribution in [0.4, 0.5) is 0 Å². The molecule has 0 spiro atoms. The summed E-state index contributed by atoms with van der Waals surface area (Å²) in [5, 5.41) is 0. The first-order chi connectivity index (χ1) is 19.9. The van der Waals surface area contributed by atoms with Crippen molar-refractivity contribution in [2.75, 3.05) is 0 Å². The van der Waals surface area contributed by atoms with Crippen LogP contribution in [-0.2, 0) is 41.5 Å². The number of hydrogen-bond acceptors (Lipinski definition) is 0. The molecule has 0 heterocycles. The average Bonchev–Trinajstić information content (AvgIpc) is 3.66. The van der Waals surface area contributed by atoms with Gasteiger partial charge < -0.3 is 6.92 Å². The number of halogens is 2. The second-order valence-electron chi connectivity index (χ2n) is 13.3. The Morgan fingerprint density at radius 1 is 0.795 bits per heavy atom. The SMILES string of the molecule is CC(C)(C)c1[c-]c2c(cc1)-c1ccc(C(C)(C)C)cc1C2.Cl.Cl.[C-]1=CC=CC1.[CH2-]C1CCCCC1.[CH2-]c1ccccc1.[CH2]=[Zr]. The fourth-order valence-electron chi connectivity index (χ4n) is 5.03. The molecule has 0 amide bonds. The van der Waals surface area contributed by atoms with Crippen molar-refractivity contribution < 1.29 is 24.2 Å². The van der Waals surface area contributed by atoms with E-state index in [9.17, 15) is 0 Å². The molecular formula is C41H54Cl2Zr-4. The van der Waals surface area contributed by atoms with Gasteiger partial charge in [0.2, 0.25) is 0 Å². The molecule has 3 aromatic rings. The van der Waals surface area contributed by atoms with Crippen LogP contribution >= 0.6 is 24.8 Å². The summed E-state index contributed by atoms with van der Waals surface area (Å²) >= 11 is 1.30. The van der Waals surface area contributed by atoms with Crippen molar-refractivity contribution in [2.24, 2.45) is 5.92 Å². The van der Waals surface area contributed by atoms with Crippen LogP contribution in [0.15, 0.2) is 78.9 Å². The number of allylic oxidation sites excluding steroid dienone is 4. The fourth-order valence-corrected chi connectivity index (χ4v) is 5.03. The molecule has 0 unspecified atom stereocenters. The summed E-state index contributed by atoms with van der Waals surface area (Å²) < 4.78 is 3.34. The van der Waals surface area contributed by atoms with E-state index in [4.69, 9.17) is 0 Å². The van der Waals surface area contributed by atoms with E-state index in [1.165, 1.54) is 89.7 Å². The van der Waals surface area contributed by atoms with Crippen LogP contribution in [0.3, 0.4) is 0 Å². The second-order valence-corrected chi connectivity index (χ2v) is 13.3. The molecule has 3 aliphatic rings. The summed E-state index contributed by atoms with van der Waals surface area (Å²) in [6, 6.07) is 25.0. The third-order valence-corrected chi connectivity index (χ3v) is 7.62. The van der Waals surface area contributed by atoms with Gasteiger partial charge in [-0.15, -0.1) is 54.5 Å². The van der Waals surface area contributed by atoms with Crippen LogP contribution in [-0.4, -0.2) is 4.21 Å². The minimum absolute atomic E-state index is 0. The Bertz CT molecular complexity index is 1200. The predicted octanol–water partition coefficient (Wildman–Crippen LogP) is 12.0. The van der Waals surface area contributed by atoms with E-state index in [-0.39, 0.29) is 35.6 Å². The molecule has 1 fully saturated rings. The molecule has 44 heavy (non-hydrogen) atoms. The van der Waals surface area contributed by atoms with Crippen molar-refractivity contribution in [1.29, 1.82) is 0 Å². The van der Waals surface area contributed by atoms with Crippen LogP contribution in [0.5, 0.6) is 0 Å². The van der Waals surface area contributed by atoms with Gasteiger partial charge in [0.25, 0.3) is 0 Å². The normalized spacial score (nSPS) is 14.1. The fraction of sp³-hybridized carbons (Fsp3) is 0.390. The van der Waals surface area contributed by atoms with Gasteiger partial charge in [-0.2, -0.15) is 60.4 Å². The monoisotopic (exact) mass is 706 g/mol. The molecule has 0 N–H and O–H groups in total. The van der Waals surface area contributed by atoms with Gasteiger partial charge in [0.15, 0.2) is 0 Å². The van der Waals surface area contributed by atoms with Gasteiger partial charge in [0.1, 0.15) is 0 Å². The first-order valence-corrected chi connectivity index (χ1v) is 17.2. The van der Waals surface area contributed by atoms with Gasteiger partial charge in [-0.3, -0.25) is 6.08 Å². The van der Waals surface area contributed by atoms with E-state index in [2.05, 4.69) is 108 Å². The van der Waals surface area contributed by atoms with Crippen LogP contribution < -0.4 is 0 Å². The maximum atomic E-state index is 4.00. The molecule has 0 bridgehead atoms. The Morgan fingerprint density at radius 3 is 1.82 bits per heavy atom. The molecule has 1 saturated carbocycles. The Labute approximate surface area is 298 Å². The van der Waals surface area contributed by atoms with E-state index in [1.54, 1.807) is 0 Å². The van der Waals surface area contributed by atoms with Crippen LogP contribution in [0, 0.1) is 31.9 Å². The zero-order chi connectivity index (χ0) is 31.2. The maximum absolute atomic E-state index is 4.00. The summed E-state index contributed by atoms with van der Waals surface area (Å²) in [6.07, 6.45) is 18.1. The van der Waals surface area contributed by atoms with Gasteiger partial charge in [-0.25, -0.2) is 12.2 Å². The zero-order valence-electron chi connectivity index (χ0n) is 28.0. The average molecular weight is 709 g/mol. The second kappa shape index (κ2) is 21.2. The Morgan fingerprint density at radius 2 is 1.41 bits per heavy atom. The minimum atomic E-state index is 0. The molecule has 0 saturated heterocycles. The summed E-state index contributed by atoms with van der Waals surface area (Å²) in [4.78, 5) is 0. The first-order valence-electron chi connectivity index (χ1n) is 15.4. The zero-order valence-corrected chi connectivity index (χ0v) is 32.1. The van der Waals surface area contributed by atoms with Crippen molar-refractivity contribution in [1.82, 2.24) is 0 Å². The van der Waals surface area contributed by atoms with Gasteiger partial charge in [0, 0.05) is 0 Å². The molecule has 0 aromatic heterocycles. The molecule has 3 heteroatoms. The van der Waals surface area contributed by atoms with Crippen LogP contribution in [0.1, 0.15) is 108 Å². The molecule has 3 aromatic carbocycles. The molecule has 240 valence electrons. The van der Waals surface area contributed by atoms with Crippen molar-refractivity contribution in [2.45, 2.75) is 97.3 Å². The number of fused-ring (bicyclic) bond motifs is 3. The van der Waals surface area contributed by atoms with Crippen molar-refractivity contribution in [3.8, 4) is 11.1 Å². The van der Waals surface area contributed by atoms with Crippen molar-refractivity contribution in [3.05, 3.63) is 133 Å². The molecule has 0 nitrogen and oxygen atoms in total. The number of hydrogen-bond donors (Lipinski definition) is 0. The number of benzene rings is 3. The van der Waals surface area contributed by atoms with E-state index >= 15 is 0 Å². The molecular weight excluding hydrogens is 655 g/mol. The third kappa shape index (κ3) is 14.6. The van der Waals surface area contributed by atoms with Crippen molar-refractivity contribution in [3.63, 3.8) is 0 Å². The van der Waals surface area contributed by atoms with Gasteiger partial charge in [-0.1, -0.05) is 103 Å². The quantitative estimate of drug-likeness (QED) is 0.160. The van der Waals surface area contributed by atoms with Crippen LogP contribution in [0.25, 0.3) is 11.1 Å². The summed E-state index contributed by atoms with van der Waals surface area (Å²) in [5.74, 6) is 0.786. The molecule has 0 aliphatic heterocycles. The van der Waals surface area contributed by atoms with Gasteiger partial charge in [0.05, 0.1) is 0 Å². The summed E-state index contributed by atoms with van der Waals surface area (Å²) in [5.41, 5.74) is 9.78. The topological polar surface area (TPSA) is 0 Å². The third-order valence-electron chi connectivity index (χ3n) is 7.62. The number of rotatable bonds is 0. The van der Waals surface area contributed by atoms with Gasteiger partial charge in [-0.05, 0) is 28.4 Å². The summed E-state index contributed by atoms with van der Waals surface area (Å²) in [6.45, 7) is 21.3. The van der Waals surface area contributed by atoms with Crippen LogP contribution in [0.2, 0.25) is 0 Å². The van der Waals surface area contributed by atoms with E-state index in [1.807, 2.05) is 42.5 Å². The molecule has 0 radical (unpaired) electrons. The van der Waals surface area contributed by atoms with Gasteiger partial charge >= 0.3 is 28.4 Å². The molecule has 3 aliphatic carbocycles. The van der Waals surface area contributed by atoms with E-state index < -0.39 is 0 Å². The Kier molecular flexibility index (Phi) is 20.4. The Balaban J connectivity index is 0.000000658. The van der Waals surface area contributed by atoms with E-state index in [0.29, 0.717) is 0 Å². The standard InChI is InChI=1S/C21H25.C7H13.C7H7.C5H5.CH2.2ClH.Zr/c1-20(2,3)16-7-9-18-14(12-16)11-15-13-17(21(4,5)6)8-10-19(15)18;2*1-7-5-3-2-4-6-7;1-2-4-5-3-1;;;;/h7-10,12H,11H2,1-6H3;7H,1-6H2;2-6H,1H2;1-3H,4H2;1H2;2*1H;/q4*-1;;;;. The summed E-state index contributed by atoms with van der Waals surface area (Å²) in [7, 11) is 0. The Hall–Kier alpha value is -1.66. The van der Waals surface area contributed by atoms with Crippen molar-refractivity contribution >= 4 is 29.0 Å². The first kappa shape index (κ1) is 42.3.